The minimum absolute atomic E-state index is 0.443. The largest absolute Gasteiger partial charge is 0.323 e. The third-order valence-corrected chi connectivity index (χ3v) is 3.98. The van der Waals surface area contributed by atoms with Gasteiger partial charge in [-0.15, -0.1) is 0 Å². The van der Waals surface area contributed by atoms with Crippen LogP contribution in [0.15, 0.2) is 36.8 Å². The lowest BCUT2D eigenvalue weighted by Crippen LogP contribution is -2.34. The van der Waals surface area contributed by atoms with Crippen molar-refractivity contribution in [3.05, 3.63) is 42.5 Å². The summed E-state index contributed by atoms with van der Waals surface area (Å²) >= 11 is 0. The Kier molecular flexibility index (Phi) is 4.40. The molecule has 2 aromatic rings. The number of likely N-dealkylation sites (tertiary alicyclic amines) is 1. The highest BCUT2D eigenvalue weighted by atomic mass is 15.1. The lowest BCUT2D eigenvalue weighted by atomic mass is 9.94. The van der Waals surface area contributed by atoms with Gasteiger partial charge in [-0.1, -0.05) is 13.0 Å². The minimum atomic E-state index is 0.443. The summed E-state index contributed by atoms with van der Waals surface area (Å²) in [6.07, 6.45) is 7.68. The number of nitrogens with one attached hydrogen (secondary N) is 1. The first-order chi connectivity index (χ1) is 10.4. The van der Waals surface area contributed by atoms with Crippen molar-refractivity contribution >= 4 is 11.6 Å². The molecule has 1 N–H and O–H groups in total. The van der Waals surface area contributed by atoms with Gasteiger partial charge in [-0.05, 0) is 38.1 Å². The van der Waals surface area contributed by atoms with E-state index in [0.717, 1.165) is 30.4 Å². The second kappa shape index (κ2) is 6.63. The van der Waals surface area contributed by atoms with E-state index in [9.17, 15) is 0 Å². The first-order valence-electron chi connectivity index (χ1n) is 7.58. The maximum Gasteiger partial charge on any atom is 0.153 e. The average molecular weight is 283 g/mol. The van der Waals surface area contributed by atoms with Gasteiger partial charge in [0.15, 0.2) is 5.82 Å². The molecule has 0 bridgehead atoms. The van der Waals surface area contributed by atoms with Crippen molar-refractivity contribution in [1.29, 1.82) is 0 Å². The number of hydrogen-bond donors (Lipinski definition) is 1. The number of rotatable bonds is 4. The third kappa shape index (κ3) is 3.36. The summed E-state index contributed by atoms with van der Waals surface area (Å²) in [5, 5.41) is 3.30. The maximum atomic E-state index is 4.59. The van der Waals surface area contributed by atoms with Crippen LogP contribution in [0.3, 0.4) is 0 Å². The topological polar surface area (TPSA) is 53.9 Å². The van der Waals surface area contributed by atoms with E-state index in [4.69, 9.17) is 0 Å². The number of piperidine rings is 1. The Bertz CT molecular complexity index is 572. The van der Waals surface area contributed by atoms with E-state index >= 15 is 0 Å². The molecule has 0 aliphatic carbocycles. The Labute approximate surface area is 125 Å². The SMILES string of the molecule is CCN1CCCC(c2nccnc2Nc2ccccn2)C1. The van der Waals surface area contributed by atoms with Crippen LogP contribution in [0.5, 0.6) is 0 Å². The van der Waals surface area contributed by atoms with Gasteiger partial charge >= 0.3 is 0 Å². The van der Waals surface area contributed by atoms with Gasteiger partial charge < -0.3 is 10.2 Å². The molecular weight excluding hydrogens is 262 g/mol. The molecule has 1 fully saturated rings. The van der Waals surface area contributed by atoms with Crippen molar-refractivity contribution in [3.8, 4) is 0 Å². The normalized spacial score (nSPS) is 19.4. The lowest BCUT2D eigenvalue weighted by molar-refractivity contribution is 0.216. The van der Waals surface area contributed by atoms with E-state index in [-0.39, 0.29) is 0 Å². The van der Waals surface area contributed by atoms with Crippen LogP contribution in [0.1, 0.15) is 31.4 Å². The standard InChI is InChI=1S/C16H21N5/c1-2-21-11-5-6-13(12-21)15-16(19-10-9-18-15)20-14-7-3-4-8-17-14/h3-4,7-10,13H,2,5-6,11-12H2,1H3,(H,17,19,20). The van der Waals surface area contributed by atoms with Crippen LogP contribution in [-0.2, 0) is 0 Å². The zero-order chi connectivity index (χ0) is 14.5. The highest BCUT2D eigenvalue weighted by Gasteiger charge is 2.24. The smallest absolute Gasteiger partial charge is 0.153 e. The number of likely N-dealkylation sites (N-methyl/N-ethyl adjacent to an activating group) is 1. The summed E-state index contributed by atoms with van der Waals surface area (Å²) in [4.78, 5) is 15.8. The van der Waals surface area contributed by atoms with E-state index < -0.39 is 0 Å². The van der Waals surface area contributed by atoms with E-state index in [2.05, 4.69) is 32.1 Å². The number of pyridine rings is 1. The van der Waals surface area contributed by atoms with Gasteiger partial charge in [-0.3, -0.25) is 4.98 Å². The van der Waals surface area contributed by atoms with E-state index in [1.54, 1.807) is 18.6 Å². The number of aromatic nitrogens is 3. The van der Waals surface area contributed by atoms with Gasteiger partial charge in [-0.2, -0.15) is 0 Å². The Morgan fingerprint density at radius 3 is 2.90 bits per heavy atom. The van der Waals surface area contributed by atoms with Crippen LogP contribution in [0.25, 0.3) is 0 Å². The van der Waals surface area contributed by atoms with Gasteiger partial charge in [0.25, 0.3) is 0 Å². The summed E-state index contributed by atoms with van der Waals surface area (Å²) in [5.74, 6) is 2.08. The molecule has 21 heavy (non-hydrogen) atoms. The van der Waals surface area contributed by atoms with E-state index in [1.165, 1.54) is 19.4 Å². The van der Waals surface area contributed by atoms with Crippen molar-refractivity contribution in [1.82, 2.24) is 19.9 Å². The highest BCUT2D eigenvalue weighted by Crippen LogP contribution is 2.30. The van der Waals surface area contributed by atoms with Gasteiger partial charge in [0.2, 0.25) is 0 Å². The fourth-order valence-electron chi connectivity index (χ4n) is 2.87. The molecule has 1 aliphatic rings. The number of nitrogens with zero attached hydrogens (tertiary/aromatic N) is 4. The fraction of sp³-hybridized carbons (Fsp3) is 0.438. The van der Waals surface area contributed by atoms with Gasteiger partial charge in [-0.25, -0.2) is 9.97 Å². The molecule has 0 radical (unpaired) electrons. The minimum Gasteiger partial charge on any atom is -0.323 e. The first kappa shape index (κ1) is 13.9. The zero-order valence-electron chi connectivity index (χ0n) is 12.4. The molecule has 0 amide bonds. The molecule has 2 aromatic heterocycles. The summed E-state index contributed by atoms with van der Waals surface area (Å²) in [7, 11) is 0. The third-order valence-electron chi connectivity index (χ3n) is 3.98. The molecule has 3 heterocycles. The van der Waals surface area contributed by atoms with Gasteiger partial charge in [0.1, 0.15) is 5.82 Å². The molecule has 1 aliphatic heterocycles. The summed E-state index contributed by atoms with van der Waals surface area (Å²) in [6.45, 7) is 5.56. The molecule has 0 saturated carbocycles. The van der Waals surface area contributed by atoms with Crippen LogP contribution in [0.2, 0.25) is 0 Å². The van der Waals surface area contributed by atoms with Gasteiger partial charge in [0, 0.05) is 31.1 Å². The predicted molar refractivity (Wildman–Crippen MR) is 83.6 cm³/mol. The second-order valence-electron chi connectivity index (χ2n) is 5.36. The van der Waals surface area contributed by atoms with Crippen molar-refractivity contribution in [2.24, 2.45) is 0 Å². The fourth-order valence-corrected chi connectivity index (χ4v) is 2.87. The molecule has 0 spiro atoms. The second-order valence-corrected chi connectivity index (χ2v) is 5.36. The highest BCUT2D eigenvalue weighted by molar-refractivity contribution is 5.54. The van der Waals surface area contributed by atoms with Crippen LogP contribution >= 0.6 is 0 Å². The van der Waals surface area contributed by atoms with E-state index in [0.29, 0.717) is 5.92 Å². The number of hydrogen-bond acceptors (Lipinski definition) is 5. The molecular formula is C16H21N5. The summed E-state index contributed by atoms with van der Waals surface area (Å²) < 4.78 is 0. The molecule has 1 atom stereocenters. The van der Waals surface area contributed by atoms with Crippen molar-refractivity contribution in [3.63, 3.8) is 0 Å². The molecule has 3 rings (SSSR count). The lowest BCUT2D eigenvalue weighted by Gasteiger charge is -2.32. The Morgan fingerprint density at radius 1 is 1.19 bits per heavy atom. The van der Waals surface area contributed by atoms with Crippen molar-refractivity contribution < 1.29 is 0 Å². The monoisotopic (exact) mass is 283 g/mol. The molecule has 5 nitrogen and oxygen atoms in total. The summed E-state index contributed by atoms with van der Waals surface area (Å²) in [5.41, 5.74) is 1.06. The molecule has 110 valence electrons. The predicted octanol–water partition coefficient (Wildman–Crippen LogP) is 2.81. The van der Waals surface area contributed by atoms with Gasteiger partial charge in [0.05, 0.1) is 5.69 Å². The molecule has 1 saturated heterocycles. The summed E-state index contributed by atoms with van der Waals surface area (Å²) in [6, 6.07) is 5.81. The van der Waals surface area contributed by atoms with Crippen molar-refractivity contribution in [2.75, 3.05) is 25.0 Å². The average Bonchev–Trinajstić information content (AvgIpc) is 2.56. The maximum absolute atomic E-state index is 4.59. The van der Waals surface area contributed by atoms with Crippen LogP contribution in [0, 0.1) is 0 Å². The van der Waals surface area contributed by atoms with Crippen molar-refractivity contribution in [2.45, 2.75) is 25.7 Å². The number of anilines is 2. The van der Waals surface area contributed by atoms with Crippen LogP contribution < -0.4 is 5.32 Å². The van der Waals surface area contributed by atoms with E-state index in [1.807, 2.05) is 18.2 Å². The molecule has 1 unspecified atom stereocenters. The zero-order valence-corrected chi connectivity index (χ0v) is 12.4. The molecule has 0 aromatic carbocycles. The van der Waals surface area contributed by atoms with Crippen LogP contribution in [0.4, 0.5) is 11.6 Å². The first-order valence-corrected chi connectivity index (χ1v) is 7.58. The van der Waals surface area contributed by atoms with Crippen LogP contribution in [-0.4, -0.2) is 39.5 Å². The molecule has 5 heteroatoms. The quantitative estimate of drug-likeness (QED) is 0.935. The Balaban J connectivity index is 1.82. The Hall–Kier alpha value is -2.01. The Morgan fingerprint density at radius 2 is 2.10 bits per heavy atom.